The molecular formula is C14H19N3. The van der Waals surface area contributed by atoms with Crippen LogP contribution in [0.2, 0.25) is 0 Å². The van der Waals surface area contributed by atoms with Crippen LogP contribution >= 0.6 is 0 Å². The van der Waals surface area contributed by atoms with E-state index in [1.54, 1.807) is 0 Å². The zero-order valence-electron chi connectivity index (χ0n) is 10.5. The molecule has 1 aromatic carbocycles. The maximum Gasteiger partial charge on any atom is 0.0762 e. The van der Waals surface area contributed by atoms with Gasteiger partial charge in [-0.05, 0) is 30.7 Å². The van der Waals surface area contributed by atoms with Crippen molar-refractivity contribution in [1.82, 2.24) is 15.1 Å². The van der Waals surface area contributed by atoms with E-state index in [-0.39, 0.29) is 0 Å². The zero-order chi connectivity index (χ0) is 12.1. The monoisotopic (exact) mass is 229 g/mol. The van der Waals surface area contributed by atoms with E-state index in [1.165, 1.54) is 11.1 Å². The molecule has 0 bridgehead atoms. The fourth-order valence-electron chi connectivity index (χ4n) is 1.83. The Morgan fingerprint density at radius 3 is 2.47 bits per heavy atom. The first kappa shape index (κ1) is 11.9. The number of hydrogen-bond acceptors (Lipinski definition) is 2. The van der Waals surface area contributed by atoms with Gasteiger partial charge in [-0.3, -0.25) is 4.68 Å². The molecule has 0 atom stereocenters. The molecule has 1 heterocycles. The summed E-state index contributed by atoms with van der Waals surface area (Å²) < 4.78 is 1.98. The molecule has 0 fully saturated rings. The molecule has 1 aromatic heterocycles. The number of nitrogens with one attached hydrogen (secondary N) is 1. The van der Waals surface area contributed by atoms with Crippen LogP contribution < -0.4 is 5.32 Å². The van der Waals surface area contributed by atoms with Crippen LogP contribution in [0.25, 0.3) is 0 Å². The topological polar surface area (TPSA) is 29.9 Å². The van der Waals surface area contributed by atoms with E-state index < -0.39 is 0 Å². The maximum atomic E-state index is 4.49. The van der Waals surface area contributed by atoms with Gasteiger partial charge >= 0.3 is 0 Å². The Balaban J connectivity index is 2.03. The third-order valence-electron chi connectivity index (χ3n) is 2.83. The van der Waals surface area contributed by atoms with E-state index >= 15 is 0 Å². The van der Waals surface area contributed by atoms with Gasteiger partial charge in [-0.25, -0.2) is 0 Å². The zero-order valence-corrected chi connectivity index (χ0v) is 10.5. The van der Waals surface area contributed by atoms with Crippen LogP contribution in [-0.4, -0.2) is 16.8 Å². The minimum atomic E-state index is 0.821. The minimum absolute atomic E-state index is 0.821. The molecule has 1 N–H and O–H groups in total. The summed E-state index contributed by atoms with van der Waals surface area (Å²) >= 11 is 0. The lowest BCUT2D eigenvalue weighted by Crippen LogP contribution is -2.07. The summed E-state index contributed by atoms with van der Waals surface area (Å²) in [5.74, 6) is 0. The Labute approximate surface area is 102 Å². The van der Waals surface area contributed by atoms with Gasteiger partial charge in [0.25, 0.3) is 0 Å². The van der Waals surface area contributed by atoms with Gasteiger partial charge in [-0.1, -0.05) is 31.2 Å². The fourth-order valence-corrected chi connectivity index (χ4v) is 1.83. The smallest absolute Gasteiger partial charge is 0.0762 e. The van der Waals surface area contributed by atoms with Gasteiger partial charge in [0.05, 0.1) is 12.2 Å². The summed E-state index contributed by atoms with van der Waals surface area (Å²) in [7, 11) is 1.93. The summed E-state index contributed by atoms with van der Waals surface area (Å²) in [6.45, 7) is 3.84. The molecule has 0 amide bonds. The predicted molar refractivity (Wildman–Crippen MR) is 69.9 cm³/mol. The summed E-state index contributed by atoms with van der Waals surface area (Å²) in [5.41, 5.74) is 3.75. The van der Waals surface area contributed by atoms with Crippen molar-refractivity contribution in [2.24, 2.45) is 0 Å². The molecule has 3 nitrogen and oxygen atoms in total. The van der Waals surface area contributed by atoms with Crippen molar-refractivity contribution in [2.45, 2.75) is 26.4 Å². The van der Waals surface area contributed by atoms with Gasteiger partial charge in [-0.15, -0.1) is 0 Å². The van der Waals surface area contributed by atoms with Gasteiger partial charge in [0.1, 0.15) is 0 Å². The van der Waals surface area contributed by atoms with Crippen LogP contribution in [0.1, 0.15) is 23.7 Å². The average molecular weight is 229 g/mol. The van der Waals surface area contributed by atoms with E-state index in [0.29, 0.717) is 0 Å². The van der Waals surface area contributed by atoms with E-state index in [1.807, 2.05) is 17.9 Å². The molecular weight excluding hydrogens is 210 g/mol. The molecule has 0 saturated heterocycles. The van der Waals surface area contributed by atoms with Gasteiger partial charge < -0.3 is 5.32 Å². The molecule has 0 aliphatic carbocycles. The summed E-state index contributed by atoms with van der Waals surface area (Å²) in [5, 5.41) is 7.59. The number of benzene rings is 1. The van der Waals surface area contributed by atoms with Crippen molar-refractivity contribution in [3.63, 3.8) is 0 Å². The largest absolute Gasteiger partial charge is 0.314 e. The van der Waals surface area contributed by atoms with Crippen molar-refractivity contribution in [3.8, 4) is 0 Å². The molecule has 0 saturated carbocycles. The van der Waals surface area contributed by atoms with Gasteiger partial charge in [0.15, 0.2) is 0 Å². The summed E-state index contributed by atoms with van der Waals surface area (Å²) in [6, 6.07) is 10.8. The molecule has 0 radical (unpaired) electrons. The summed E-state index contributed by atoms with van der Waals surface area (Å²) in [6.07, 6.45) is 3.12. The Hall–Kier alpha value is -1.61. The summed E-state index contributed by atoms with van der Waals surface area (Å²) in [4.78, 5) is 0. The lowest BCUT2D eigenvalue weighted by molar-refractivity contribution is 0.659. The van der Waals surface area contributed by atoms with Crippen molar-refractivity contribution < 1.29 is 0 Å². The van der Waals surface area contributed by atoms with Crippen LogP contribution in [0, 0.1) is 0 Å². The van der Waals surface area contributed by atoms with E-state index in [9.17, 15) is 0 Å². The molecule has 17 heavy (non-hydrogen) atoms. The molecule has 0 aliphatic heterocycles. The van der Waals surface area contributed by atoms with Crippen LogP contribution in [0.5, 0.6) is 0 Å². The highest BCUT2D eigenvalue weighted by Crippen LogP contribution is 2.07. The molecule has 2 aromatic rings. The van der Waals surface area contributed by atoms with Gasteiger partial charge in [0.2, 0.25) is 0 Å². The molecule has 90 valence electrons. The number of rotatable bonds is 5. The molecule has 0 spiro atoms. The Kier molecular flexibility index (Phi) is 3.94. The second kappa shape index (κ2) is 5.64. The van der Waals surface area contributed by atoms with E-state index in [4.69, 9.17) is 0 Å². The quantitative estimate of drug-likeness (QED) is 0.852. The molecule has 3 heteroatoms. The lowest BCUT2D eigenvalue weighted by atomic mass is 10.1. The van der Waals surface area contributed by atoms with Crippen molar-refractivity contribution in [2.75, 3.05) is 7.05 Å². The van der Waals surface area contributed by atoms with Crippen LogP contribution in [-0.2, 0) is 19.5 Å². The normalized spacial score (nSPS) is 10.7. The van der Waals surface area contributed by atoms with Gasteiger partial charge in [0, 0.05) is 12.7 Å². The highest BCUT2D eigenvalue weighted by molar-refractivity contribution is 5.22. The predicted octanol–water partition coefficient (Wildman–Crippen LogP) is 2.21. The molecule has 2 rings (SSSR count). The lowest BCUT2D eigenvalue weighted by Gasteiger charge is -2.03. The Morgan fingerprint density at radius 1 is 1.12 bits per heavy atom. The fraction of sp³-hybridized carbons (Fsp3) is 0.357. The van der Waals surface area contributed by atoms with Crippen molar-refractivity contribution >= 4 is 0 Å². The second-order valence-electron chi connectivity index (χ2n) is 4.21. The first-order valence-corrected chi connectivity index (χ1v) is 6.06. The molecule has 0 unspecified atom stereocenters. The van der Waals surface area contributed by atoms with E-state index in [2.05, 4.69) is 47.7 Å². The maximum absolute atomic E-state index is 4.49. The first-order chi connectivity index (χ1) is 8.31. The molecule has 0 aliphatic rings. The van der Waals surface area contributed by atoms with Crippen LogP contribution in [0.4, 0.5) is 0 Å². The number of aryl methyl sites for hydroxylation is 1. The third kappa shape index (κ3) is 3.17. The van der Waals surface area contributed by atoms with Crippen molar-refractivity contribution in [1.29, 1.82) is 0 Å². The third-order valence-corrected chi connectivity index (χ3v) is 2.83. The number of aromatic nitrogens is 2. The SMILES string of the molecule is CCc1ccc(Cn2ccc(CNC)n2)cc1. The Morgan fingerprint density at radius 2 is 1.82 bits per heavy atom. The number of nitrogens with zero attached hydrogens (tertiary/aromatic N) is 2. The average Bonchev–Trinajstić information content (AvgIpc) is 2.78. The van der Waals surface area contributed by atoms with Crippen LogP contribution in [0.3, 0.4) is 0 Å². The highest BCUT2D eigenvalue weighted by atomic mass is 15.3. The van der Waals surface area contributed by atoms with Gasteiger partial charge in [-0.2, -0.15) is 5.10 Å². The number of hydrogen-bond donors (Lipinski definition) is 1. The minimum Gasteiger partial charge on any atom is -0.314 e. The standard InChI is InChI=1S/C14H19N3/c1-3-12-4-6-13(7-5-12)11-17-9-8-14(16-17)10-15-2/h4-9,15H,3,10-11H2,1-2H3. The van der Waals surface area contributed by atoms with E-state index in [0.717, 1.165) is 25.2 Å². The highest BCUT2D eigenvalue weighted by Gasteiger charge is 1.99. The van der Waals surface area contributed by atoms with Crippen LogP contribution in [0.15, 0.2) is 36.5 Å². The second-order valence-corrected chi connectivity index (χ2v) is 4.21. The van der Waals surface area contributed by atoms with Crippen molar-refractivity contribution in [3.05, 3.63) is 53.3 Å². The first-order valence-electron chi connectivity index (χ1n) is 6.06. The Bertz CT molecular complexity index is 457.